The molecule has 0 amide bonds. The number of carboxylic acid groups (broad SMARTS) is 1. The SMILES string of the molecule is CC1(C)CCCN(S(=O)(=O)N2CCC(C(=O)O)CC2)CC1. The molecule has 0 aliphatic carbocycles. The molecule has 2 saturated heterocycles. The topological polar surface area (TPSA) is 77.9 Å². The highest BCUT2D eigenvalue weighted by Crippen LogP contribution is 2.31. The summed E-state index contributed by atoms with van der Waals surface area (Å²) in [6, 6.07) is 0. The highest BCUT2D eigenvalue weighted by atomic mass is 32.2. The van der Waals surface area contributed by atoms with E-state index in [1.807, 2.05) is 0 Å². The molecule has 6 nitrogen and oxygen atoms in total. The molecule has 0 spiro atoms. The lowest BCUT2D eigenvalue weighted by Crippen LogP contribution is -2.48. The van der Waals surface area contributed by atoms with E-state index in [2.05, 4.69) is 13.8 Å². The summed E-state index contributed by atoms with van der Waals surface area (Å²) in [4.78, 5) is 11.0. The Labute approximate surface area is 127 Å². The summed E-state index contributed by atoms with van der Waals surface area (Å²) in [6.07, 6.45) is 3.62. The lowest BCUT2D eigenvalue weighted by Gasteiger charge is -2.33. The van der Waals surface area contributed by atoms with Crippen molar-refractivity contribution in [2.75, 3.05) is 26.2 Å². The number of piperidine rings is 1. The summed E-state index contributed by atoms with van der Waals surface area (Å²) in [5.74, 6) is -1.22. The van der Waals surface area contributed by atoms with E-state index in [-0.39, 0.29) is 5.41 Å². The van der Waals surface area contributed by atoms with Gasteiger partial charge in [0.15, 0.2) is 0 Å². The van der Waals surface area contributed by atoms with Gasteiger partial charge in [-0.15, -0.1) is 0 Å². The fourth-order valence-corrected chi connectivity index (χ4v) is 4.81. The van der Waals surface area contributed by atoms with Crippen molar-refractivity contribution >= 4 is 16.2 Å². The summed E-state index contributed by atoms with van der Waals surface area (Å²) >= 11 is 0. The smallest absolute Gasteiger partial charge is 0.306 e. The van der Waals surface area contributed by atoms with Crippen molar-refractivity contribution in [1.82, 2.24) is 8.61 Å². The molecular weight excluding hydrogens is 292 g/mol. The van der Waals surface area contributed by atoms with Gasteiger partial charge in [-0.1, -0.05) is 13.8 Å². The molecule has 2 aliphatic rings. The van der Waals surface area contributed by atoms with E-state index in [0.29, 0.717) is 39.0 Å². The normalized spacial score (nSPS) is 26.4. The van der Waals surface area contributed by atoms with Crippen molar-refractivity contribution in [2.24, 2.45) is 11.3 Å². The monoisotopic (exact) mass is 318 g/mol. The Morgan fingerprint density at radius 2 is 1.62 bits per heavy atom. The zero-order valence-electron chi connectivity index (χ0n) is 12.9. The predicted molar refractivity (Wildman–Crippen MR) is 80.1 cm³/mol. The molecule has 1 N–H and O–H groups in total. The Morgan fingerprint density at radius 3 is 2.19 bits per heavy atom. The van der Waals surface area contributed by atoms with Crippen LogP contribution in [0.3, 0.4) is 0 Å². The molecule has 122 valence electrons. The molecule has 0 aromatic carbocycles. The minimum atomic E-state index is -3.43. The maximum Gasteiger partial charge on any atom is 0.306 e. The lowest BCUT2D eigenvalue weighted by atomic mass is 9.85. The van der Waals surface area contributed by atoms with E-state index >= 15 is 0 Å². The van der Waals surface area contributed by atoms with Gasteiger partial charge in [0.25, 0.3) is 10.2 Å². The molecule has 7 heteroatoms. The minimum absolute atomic E-state index is 0.195. The van der Waals surface area contributed by atoms with Crippen molar-refractivity contribution in [3.05, 3.63) is 0 Å². The Bertz CT molecular complexity index is 481. The Balaban J connectivity index is 2.00. The Morgan fingerprint density at radius 1 is 1.05 bits per heavy atom. The summed E-state index contributed by atoms with van der Waals surface area (Å²) < 4.78 is 28.4. The van der Waals surface area contributed by atoms with Crippen molar-refractivity contribution in [1.29, 1.82) is 0 Å². The predicted octanol–water partition coefficient (Wildman–Crippen LogP) is 1.54. The van der Waals surface area contributed by atoms with E-state index in [1.165, 1.54) is 4.31 Å². The van der Waals surface area contributed by atoms with Crippen molar-refractivity contribution in [3.63, 3.8) is 0 Å². The molecule has 0 atom stereocenters. The number of carbonyl (C=O) groups is 1. The number of hydrogen-bond acceptors (Lipinski definition) is 3. The maximum atomic E-state index is 12.7. The van der Waals surface area contributed by atoms with Crippen LogP contribution in [0.5, 0.6) is 0 Å². The van der Waals surface area contributed by atoms with Gasteiger partial charge in [-0.25, -0.2) is 0 Å². The van der Waals surface area contributed by atoms with E-state index < -0.39 is 22.1 Å². The van der Waals surface area contributed by atoms with E-state index in [4.69, 9.17) is 5.11 Å². The molecule has 21 heavy (non-hydrogen) atoms. The van der Waals surface area contributed by atoms with Crippen LogP contribution in [0.15, 0.2) is 0 Å². The van der Waals surface area contributed by atoms with Crippen molar-refractivity contribution < 1.29 is 18.3 Å². The first-order chi connectivity index (χ1) is 9.72. The Hall–Kier alpha value is -0.660. The second-order valence-corrected chi connectivity index (χ2v) is 8.86. The van der Waals surface area contributed by atoms with Gasteiger partial charge in [0.05, 0.1) is 5.92 Å². The van der Waals surface area contributed by atoms with Crippen LogP contribution in [0.4, 0.5) is 0 Å². The molecule has 2 heterocycles. The average molecular weight is 318 g/mol. The number of hydrogen-bond donors (Lipinski definition) is 1. The summed E-state index contributed by atoms with van der Waals surface area (Å²) in [6.45, 7) is 6.14. The number of nitrogens with zero attached hydrogens (tertiary/aromatic N) is 2. The molecule has 0 aromatic heterocycles. The molecule has 0 bridgehead atoms. The van der Waals surface area contributed by atoms with Crippen LogP contribution in [0.25, 0.3) is 0 Å². The molecule has 0 radical (unpaired) electrons. The molecule has 0 aromatic rings. The molecular formula is C14H26N2O4S. The summed E-state index contributed by atoms with van der Waals surface area (Å²) in [5.41, 5.74) is 0.195. The van der Waals surface area contributed by atoms with Gasteiger partial charge in [-0.2, -0.15) is 17.0 Å². The quantitative estimate of drug-likeness (QED) is 0.856. The van der Waals surface area contributed by atoms with Crippen LogP contribution in [-0.4, -0.2) is 54.3 Å². The van der Waals surface area contributed by atoms with Crippen LogP contribution < -0.4 is 0 Å². The molecule has 2 fully saturated rings. The molecule has 2 aliphatic heterocycles. The fraction of sp³-hybridized carbons (Fsp3) is 0.929. The third-order valence-electron chi connectivity index (χ3n) is 4.75. The van der Waals surface area contributed by atoms with Crippen molar-refractivity contribution in [3.8, 4) is 0 Å². The van der Waals surface area contributed by atoms with Gasteiger partial charge in [0, 0.05) is 26.2 Å². The highest BCUT2D eigenvalue weighted by molar-refractivity contribution is 7.86. The Kier molecular flexibility index (Phi) is 4.95. The summed E-state index contributed by atoms with van der Waals surface area (Å²) in [5, 5.41) is 8.99. The zero-order valence-corrected chi connectivity index (χ0v) is 13.7. The number of aliphatic carboxylic acids is 1. The zero-order chi connectivity index (χ0) is 15.7. The third-order valence-corrected chi connectivity index (χ3v) is 6.79. The summed E-state index contributed by atoms with van der Waals surface area (Å²) in [7, 11) is -3.43. The fourth-order valence-electron chi connectivity index (χ4n) is 3.13. The highest BCUT2D eigenvalue weighted by Gasteiger charge is 2.36. The number of carboxylic acids is 1. The third kappa shape index (κ3) is 3.96. The van der Waals surface area contributed by atoms with Crippen LogP contribution >= 0.6 is 0 Å². The van der Waals surface area contributed by atoms with Gasteiger partial charge < -0.3 is 5.11 Å². The number of rotatable bonds is 3. The first-order valence-corrected chi connectivity index (χ1v) is 9.10. The van der Waals surface area contributed by atoms with Crippen LogP contribution in [0, 0.1) is 11.3 Å². The van der Waals surface area contributed by atoms with Crippen LogP contribution in [-0.2, 0) is 15.0 Å². The van der Waals surface area contributed by atoms with Gasteiger partial charge in [-0.3, -0.25) is 4.79 Å². The van der Waals surface area contributed by atoms with Crippen LogP contribution in [0.1, 0.15) is 46.0 Å². The first kappa shape index (κ1) is 16.7. The first-order valence-electron chi connectivity index (χ1n) is 7.70. The maximum absolute atomic E-state index is 12.7. The lowest BCUT2D eigenvalue weighted by molar-refractivity contribution is -0.142. The van der Waals surface area contributed by atoms with Gasteiger partial charge in [-0.05, 0) is 37.5 Å². The molecule has 2 rings (SSSR count). The largest absolute Gasteiger partial charge is 0.481 e. The second-order valence-electron chi connectivity index (χ2n) is 6.94. The molecule has 0 saturated carbocycles. The van der Waals surface area contributed by atoms with Gasteiger partial charge in [0.1, 0.15) is 0 Å². The van der Waals surface area contributed by atoms with Gasteiger partial charge >= 0.3 is 5.97 Å². The minimum Gasteiger partial charge on any atom is -0.481 e. The average Bonchev–Trinajstić information content (AvgIpc) is 2.60. The van der Waals surface area contributed by atoms with E-state index in [0.717, 1.165) is 19.3 Å². The molecule has 0 unspecified atom stereocenters. The standard InChI is InChI=1S/C14H26N2O4S/c1-14(2)6-3-8-15(11-7-14)21(19,20)16-9-4-12(5-10-16)13(17)18/h12H,3-11H2,1-2H3,(H,17,18). The van der Waals surface area contributed by atoms with E-state index in [1.54, 1.807) is 4.31 Å². The van der Waals surface area contributed by atoms with Crippen molar-refractivity contribution in [2.45, 2.75) is 46.0 Å². The van der Waals surface area contributed by atoms with Gasteiger partial charge in [0.2, 0.25) is 0 Å². The van der Waals surface area contributed by atoms with Crippen LogP contribution in [0.2, 0.25) is 0 Å². The van der Waals surface area contributed by atoms with E-state index in [9.17, 15) is 13.2 Å². The second kappa shape index (κ2) is 6.22.